The van der Waals surface area contributed by atoms with E-state index in [4.69, 9.17) is 0 Å². The van der Waals surface area contributed by atoms with Gasteiger partial charge in [-0.3, -0.25) is 4.79 Å². The molecule has 1 saturated carbocycles. The molecule has 1 aliphatic carbocycles. The minimum absolute atomic E-state index is 0.411. The highest BCUT2D eigenvalue weighted by molar-refractivity contribution is 5.80. The van der Waals surface area contributed by atoms with Crippen LogP contribution in [0.2, 0.25) is 0 Å². The first kappa shape index (κ1) is 12.7. The molecule has 0 atom stereocenters. The first-order valence-electron chi connectivity index (χ1n) is 6.62. The van der Waals surface area contributed by atoms with Crippen molar-refractivity contribution in [2.24, 2.45) is 17.8 Å². The van der Waals surface area contributed by atoms with E-state index in [2.05, 4.69) is 20.8 Å². The average Bonchev–Trinajstić information content (AvgIpc) is 2.18. The van der Waals surface area contributed by atoms with E-state index >= 15 is 0 Å². The van der Waals surface area contributed by atoms with E-state index in [0.29, 0.717) is 11.7 Å². The van der Waals surface area contributed by atoms with Crippen molar-refractivity contribution < 1.29 is 4.79 Å². The van der Waals surface area contributed by atoms with Crippen molar-refractivity contribution in [3.05, 3.63) is 0 Å². The van der Waals surface area contributed by atoms with E-state index in [1.165, 1.54) is 19.3 Å². The number of ketones is 1. The van der Waals surface area contributed by atoms with Crippen LogP contribution < -0.4 is 0 Å². The number of hydrogen-bond donors (Lipinski definition) is 0. The van der Waals surface area contributed by atoms with Crippen LogP contribution in [0.5, 0.6) is 0 Å². The zero-order valence-electron chi connectivity index (χ0n) is 10.6. The third-order valence-corrected chi connectivity index (χ3v) is 3.68. The van der Waals surface area contributed by atoms with Crippen molar-refractivity contribution in [1.29, 1.82) is 0 Å². The highest BCUT2D eigenvalue weighted by Crippen LogP contribution is 2.29. The molecule has 0 aromatic carbocycles. The molecule has 0 radical (unpaired) electrons. The van der Waals surface area contributed by atoms with Gasteiger partial charge in [0.2, 0.25) is 0 Å². The minimum atomic E-state index is 0.411. The van der Waals surface area contributed by atoms with Gasteiger partial charge in [-0.15, -0.1) is 0 Å². The van der Waals surface area contributed by atoms with Crippen LogP contribution in [0.3, 0.4) is 0 Å². The van der Waals surface area contributed by atoms with Crippen LogP contribution in [-0.4, -0.2) is 5.78 Å². The maximum absolute atomic E-state index is 11.9. The number of hydrogen-bond acceptors (Lipinski definition) is 1. The summed E-state index contributed by atoms with van der Waals surface area (Å²) in [6.07, 6.45) is 7.97. The highest BCUT2D eigenvalue weighted by atomic mass is 16.1. The van der Waals surface area contributed by atoms with Crippen molar-refractivity contribution in [2.45, 2.75) is 65.7 Å². The van der Waals surface area contributed by atoms with Crippen LogP contribution >= 0.6 is 0 Å². The molecule has 1 rings (SSSR count). The third-order valence-electron chi connectivity index (χ3n) is 3.68. The summed E-state index contributed by atoms with van der Waals surface area (Å²) in [6.45, 7) is 6.76. The fourth-order valence-corrected chi connectivity index (χ4v) is 2.47. The molecule has 0 bridgehead atoms. The predicted molar refractivity (Wildman–Crippen MR) is 64.8 cm³/mol. The largest absolute Gasteiger partial charge is 0.299 e. The van der Waals surface area contributed by atoms with Gasteiger partial charge in [0.1, 0.15) is 5.78 Å². The summed E-state index contributed by atoms with van der Waals surface area (Å²) in [7, 11) is 0. The van der Waals surface area contributed by atoms with Gasteiger partial charge in [-0.1, -0.05) is 40.0 Å². The molecular formula is C14H26O. The first-order chi connectivity index (χ1) is 7.09. The van der Waals surface area contributed by atoms with E-state index in [0.717, 1.165) is 37.5 Å². The Morgan fingerprint density at radius 3 is 2.33 bits per heavy atom. The molecule has 1 heteroatoms. The Morgan fingerprint density at radius 1 is 1.20 bits per heavy atom. The SMILES string of the molecule is CC(C)CCCC(=O)C1CCC(C)CC1. The Morgan fingerprint density at radius 2 is 1.80 bits per heavy atom. The molecule has 0 aromatic rings. The Balaban J connectivity index is 2.17. The van der Waals surface area contributed by atoms with Gasteiger partial charge in [0.25, 0.3) is 0 Å². The van der Waals surface area contributed by atoms with Gasteiger partial charge in [-0.2, -0.15) is 0 Å². The van der Waals surface area contributed by atoms with Crippen LogP contribution in [0.4, 0.5) is 0 Å². The van der Waals surface area contributed by atoms with Gasteiger partial charge in [0.05, 0.1) is 0 Å². The van der Waals surface area contributed by atoms with Gasteiger partial charge in [-0.05, 0) is 31.1 Å². The Bertz CT molecular complexity index is 188. The van der Waals surface area contributed by atoms with Gasteiger partial charge in [0, 0.05) is 12.3 Å². The highest BCUT2D eigenvalue weighted by Gasteiger charge is 2.23. The van der Waals surface area contributed by atoms with Gasteiger partial charge in [0.15, 0.2) is 0 Å². The van der Waals surface area contributed by atoms with Crippen LogP contribution in [0.15, 0.2) is 0 Å². The lowest BCUT2D eigenvalue weighted by molar-refractivity contribution is -0.124. The fourth-order valence-electron chi connectivity index (χ4n) is 2.47. The first-order valence-corrected chi connectivity index (χ1v) is 6.62. The second kappa shape index (κ2) is 6.30. The predicted octanol–water partition coefficient (Wildman–Crippen LogP) is 4.21. The Kier molecular flexibility index (Phi) is 5.35. The summed E-state index contributed by atoms with van der Waals surface area (Å²) in [5, 5.41) is 0. The van der Waals surface area contributed by atoms with Gasteiger partial charge in [-0.25, -0.2) is 0 Å². The Hall–Kier alpha value is -0.330. The van der Waals surface area contributed by atoms with Crippen molar-refractivity contribution in [3.8, 4) is 0 Å². The molecule has 88 valence electrons. The van der Waals surface area contributed by atoms with E-state index < -0.39 is 0 Å². The molecule has 15 heavy (non-hydrogen) atoms. The van der Waals surface area contributed by atoms with Crippen LogP contribution in [0.1, 0.15) is 65.7 Å². The van der Waals surface area contributed by atoms with E-state index in [9.17, 15) is 4.79 Å². The van der Waals surface area contributed by atoms with Crippen molar-refractivity contribution in [2.75, 3.05) is 0 Å². The monoisotopic (exact) mass is 210 g/mol. The number of Topliss-reactive ketones (excluding diaryl/α,β-unsaturated/α-hetero) is 1. The molecule has 0 heterocycles. The number of carbonyl (C=O) groups excluding carboxylic acids is 1. The molecule has 0 saturated heterocycles. The quantitative estimate of drug-likeness (QED) is 0.664. The second-order valence-electron chi connectivity index (χ2n) is 5.71. The molecule has 0 unspecified atom stereocenters. The molecule has 0 amide bonds. The summed E-state index contributed by atoms with van der Waals surface area (Å²) in [5.41, 5.74) is 0. The zero-order valence-corrected chi connectivity index (χ0v) is 10.6. The molecule has 1 aliphatic rings. The van der Waals surface area contributed by atoms with Crippen LogP contribution in [-0.2, 0) is 4.79 Å². The lowest BCUT2D eigenvalue weighted by atomic mass is 9.80. The maximum Gasteiger partial charge on any atom is 0.135 e. The second-order valence-corrected chi connectivity index (χ2v) is 5.71. The van der Waals surface area contributed by atoms with E-state index in [1.54, 1.807) is 0 Å². The van der Waals surface area contributed by atoms with E-state index in [-0.39, 0.29) is 0 Å². The standard InChI is InChI=1S/C14H26O/c1-11(2)5-4-6-14(15)13-9-7-12(3)8-10-13/h11-13H,4-10H2,1-3H3. The summed E-state index contributed by atoms with van der Waals surface area (Å²) in [4.78, 5) is 11.9. The lowest BCUT2D eigenvalue weighted by Crippen LogP contribution is -2.20. The number of carbonyl (C=O) groups is 1. The average molecular weight is 210 g/mol. The summed E-state index contributed by atoms with van der Waals surface area (Å²) in [6, 6.07) is 0. The summed E-state index contributed by atoms with van der Waals surface area (Å²) in [5.74, 6) is 2.55. The van der Waals surface area contributed by atoms with E-state index in [1.807, 2.05) is 0 Å². The molecule has 0 spiro atoms. The molecule has 1 nitrogen and oxygen atoms in total. The summed E-state index contributed by atoms with van der Waals surface area (Å²) >= 11 is 0. The number of rotatable bonds is 5. The maximum atomic E-state index is 11.9. The van der Waals surface area contributed by atoms with Crippen molar-refractivity contribution in [3.63, 3.8) is 0 Å². The molecule has 0 N–H and O–H groups in total. The van der Waals surface area contributed by atoms with Gasteiger partial charge >= 0.3 is 0 Å². The molecule has 1 fully saturated rings. The normalized spacial score (nSPS) is 26.9. The fraction of sp³-hybridized carbons (Fsp3) is 0.929. The van der Waals surface area contributed by atoms with Crippen LogP contribution in [0.25, 0.3) is 0 Å². The molecule has 0 aliphatic heterocycles. The third kappa shape index (κ3) is 4.81. The topological polar surface area (TPSA) is 17.1 Å². The summed E-state index contributed by atoms with van der Waals surface area (Å²) < 4.78 is 0. The minimum Gasteiger partial charge on any atom is -0.299 e. The van der Waals surface area contributed by atoms with Crippen LogP contribution in [0, 0.1) is 17.8 Å². The lowest BCUT2D eigenvalue weighted by Gasteiger charge is -2.25. The molecule has 0 aromatic heterocycles. The van der Waals surface area contributed by atoms with Gasteiger partial charge < -0.3 is 0 Å². The zero-order chi connectivity index (χ0) is 11.3. The Labute approximate surface area is 94.6 Å². The van der Waals surface area contributed by atoms with Crippen molar-refractivity contribution in [1.82, 2.24) is 0 Å². The molecular weight excluding hydrogens is 184 g/mol. The smallest absolute Gasteiger partial charge is 0.135 e. The van der Waals surface area contributed by atoms with Crippen molar-refractivity contribution >= 4 is 5.78 Å².